The van der Waals surface area contributed by atoms with Crippen LogP contribution in [0, 0.1) is 22.7 Å². The van der Waals surface area contributed by atoms with Gasteiger partial charge in [-0.1, -0.05) is 68.7 Å². The molecule has 4 aliphatic rings. The molecule has 1 aliphatic heterocycles. The first-order valence-electron chi connectivity index (χ1n) is 18.6. The summed E-state index contributed by atoms with van der Waals surface area (Å²) in [4.78, 5) is 53.9. The highest BCUT2D eigenvalue weighted by Gasteiger charge is 2.78. The molecule has 5 rings (SSSR count). The van der Waals surface area contributed by atoms with E-state index in [0.29, 0.717) is 19.1 Å². The first-order chi connectivity index (χ1) is 25.6. The van der Waals surface area contributed by atoms with E-state index >= 15 is 4.79 Å². The third-order valence-electron chi connectivity index (χ3n) is 13.1. The minimum absolute atomic E-state index is 0.0671. The maximum absolute atomic E-state index is 16.0. The number of ketones is 1. The molecule has 14 heteroatoms. The Balaban J connectivity index is 1.81. The molecule has 0 amide bonds. The van der Waals surface area contributed by atoms with Gasteiger partial charge in [0.15, 0.2) is 14.1 Å². The van der Waals surface area contributed by atoms with Gasteiger partial charge in [0, 0.05) is 27.8 Å². The van der Waals surface area contributed by atoms with Crippen molar-refractivity contribution in [3.8, 4) is 0 Å². The van der Waals surface area contributed by atoms with Crippen LogP contribution in [0.15, 0.2) is 64.4 Å². The lowest BCUT2D eigenvalue weighted by molar-refractivity contribution is -0.273. The van der Waals surface area contributed by atoms with Crippen LogP contribution in [0.5, 0.6) is 0 Å². The van der Waals surface area contributed by atoms with Gasteiger partial charge in [0.2, 0.25) is 0 Å². The van der Waals surface area contributed by atoms with Crippen molar-refractivity contribution in [3.63, 3.8) is 0 Å². The number of aliphatic hydroxyl groups is 2. The van der Waals surface area contributed by atoms with Crippen molar-refractivity contribution < 1.29 is 57.5 Å². The van der Waals surface area contributed by atoms with Gasteiger partial charge in [0.05, 0.1) is 50.1 Å². The van der Waals surface area contributed by atoms with Crippen molar-refractivity contribution in [2.45, 2.75) is 108 Å². The van der Waals surface area contributed by atoms with E-state index in [1.807, 2.05) is 0 Å². The van der Waals surface area contributed by atoms with Crippen LogP contribution in [0.3, 0.4) is 0 Å². The molecule has 1 aromatic rings. The minimum atomic E-state index is -2.61. The summed E-state index contributed by atoms with van der Waals surface area (Å²) in [6.07, 6.45) is -0.289. The second-order valence-corrected chi connectivity index (χ2v) is 23.0. The molecule has 2 bridgehead atoms. The molecule has 1 aromatic carbocycles. The molecule has 3 fully saturated rings. The second-order valence-electron chi connectivity index (χ2n) is 17.4. The number of halogens is 1. The van der Waals surface area contributed by atoms with Gasteiger partial charge in [-0.15, -0.1) is 0 Å². The zero-order valence-electron chi connectivity index (χ0n) is 33.3. The fourth-order valence-electron chi connectivity index (χ4n) is 8.72. The second kappa shape index (κ2) is 15.4. The predicted octanol–water partition coefficient (Wildman–Crippen LogP) is 5.61. The van der Waals surface area contributed by atoms with Crippen LogP contribution in [0.4, 0.5) is 0 Å². The molecule has 3 aliphatic carbocycles. The molecular weight excluding hydrogens is 792 g/mol. The maximum Gasteiger partial charge on any atom is 0.338 e. The minimum Gasteiger partial charge on any atom is -0.497 e. The zero-order valence-corrected chi connectivity index (χ0v) is 35.9. The summed E-state index contributed by atoms with van der Waals surface area (Å²) in [7, 11) is -0.0502. The third-order valence-corrected chi connectivity index (χ3v) is 18.5. The summed E-state index contributed by atoms with van der Waals surface area (Å²) in [6.45, 7) is 15.6. The molecule has 9 atom stereocenters. The van der Waals surface area contributed by atoms with Crippen molar-refractivity contribution >= 4 is 48.3 Å². The lowest BCUT2D eigenvalue weighted by atomic mass is 9.45. The number of ether oxygens (including phenoxy) is 5. The summed E-state index contributed by atoms with van der Waals surface area (Å²) in [5.41, 5.74) is -5.90. The number of aldehydes is 1. The van der Waals surface area contributed by atoms with E-state index in [2.05, 4.69) is 49.8 Å². The largest absolute Gasteiger partial charge is 0.497 e. The molecule has 12 nitrogen and oxygen atoms in total. The molecule has 1 heterocycles. The van der Waals surface area contributed by atoms with Gasteiger partial charge in [-0.25, -0.2) is 9.59 Å². The Hall–Kier alpha value is -2.98. The van der Waals surface area contributed by atoms with Crippen LogP contribution in [0.1, 0.15) is 64.7 Å². The summed E-state index contributed by atoms with van der Waals surface area (Å²) in [5.74, 6) is -3.97. The Morgan fingerprint density at radius 1 is 1.09 bits per heavy atom. The SMILES string of the molecule is COC(=O)/C=C\C(=C/C=O)CO[C@H]1C(=O)[C@]2(C)[C@@H](O[Si](C)(C)C(C)(C)C)CC[C@@]3(CO3)[C@H]2[C@H](OC(=O)c2ccccc2)[C@]2(O)[C@H](O)C(OC)=C(Br)C1C2(C)C. The highest BCUT2D eigenvalue weighted by atomic mass is 79.9. The van der Waals surface area contributed by atoms with Crippen LogP contribution in [-0.2, 0) is 42.5 Å². The van der Waals surface area contributed by atoms with Gasteiger partial charge in [-0.3, -0.25) is 9.59 Å². The number of allylic oxidation sites excluding steroid dienone is 1. The maximum atomic E-state index is 16.0. The van der Waals surface area contributed by atoms with Crippen LogP contribution >= 0.6 is 15.9 Å². The standard InChI is InChI=1S/C41H55BrO12Si/c1-37(2,3)55(9,10)54-26-18-20-40(23-52-40)32-35(53-36(47)25-14-12-11-13-15-25)41(48)34(46)31(50-8)29(42)28(38(41,4)5)30(33(45)39(26,32)6)51-22-24(19-21-43)16-17-27(44)49-7/h11-17,19,21,26,28,30,32,34-35,46,48H,18,20,22-23H2,1-10H3/b17-16-,24-19+/t26-,28?,30+,32-,34+,35-,39+,40+,41+/m0/s1. The number of rotatable bonds is 11. The molecule has 1 spiro atoms. The third kappa shape index (κ3) is 7.25. The number of carbonyl (C=O) groups is 4. The normalized spacial score (nSPS) is 34.8. The number of aliphatic hydroxyl groups excluding tert-OH is 1. The predicted molar refractivity (Wildman–Crippen MR) is 208 cm³/mol. The number of hydrogen-bond donors (Lipinski definition) is 2. The van der Waals surface area contributed by atoms with E-state index in [1.165, 1.54) is 26.4 Å². The molecule has 2 N–H and O–H groups in total. The number of methoxy groups -OCH3 is 2. The Labute approximate surface area is 332 Å². The van der Waals surface area contributed by atoms with E-state index in [4.69, 9.17) is 28.1 Å². The molecular formula is C41H55BrO12Si. The highest BCUT2D eigenvalue weighted by Crippen LogP contribution is 2.67. The fourth-order valence-corrected chi connectivity index (χ4v) is 11.3. The molecule has 0 radical (unpaired) electrons. The quantitative estimate of drug-likeness (QED) is 0.0707. The van der Waals surface area contributed by atoms with E-state index < -0.39 is 84.3 Å². The number of esters is 2. The summed E-state index contributed by atoms with van der Waals surface area (Å²) < 4.78 is 37.4. The Morgan fingerprint density at radius 3 is 2.27 bits per heavy atom. The molecule has 302 valence electrons. The van der Waals surface area contributed by atoms with E-state index in [9.17, 15) is 24.6 Å². The Morgan fingerprint density at radius 2 is 1.73 bits per heavy atom. The molecule has 2 saturated carbocycles. The smallest absolute Gasteiger partial charge is 0.338 e. The number of carbonyl (C=O) groups excluding carboxylic acids is 4. The number of epoxide rings is 1. The number of hydrogen-bond acceptors (Lipinski definition) is 12. The monoisotopic (exact) mass is 846 g/mol. The van der Waals surface area contributed by atoms with Crippen molar-refractivity contribution in [1.29, 1.82) is 0 Å². The Kier molecular flexibility index (Phi) is 12.1. The highest BCUT2D eigenvalue weighted by molar-refractivity contribution is 9.11. The number of benzene rings is 1. The van der Waals surface area contributed by atoms with Gasteiger partial charge in [0.1, 0.15) is 36.0 Å². The number of fused-ring (bicyclic) bond motifs is 4. The van der Waals surface area contributed by atoms with Crippen LogP contribution in [0.2, 0.25) is 18.1 Å². The van der Waals surface area contributed by atoms with Gasteiger partial charge in [-0.05, 0) is 67.8 Å². The average Bonchev–Trinajstić information content (AvgIpc) is 3.90. The molecule has 1 unspecified atom stereocenters. The lowest BCUT2D eigenvalue weighted by Crippen LogP contribution is -2.77. The van der Waals surface area contributed by atoms with Crippen LogP contribution in [-0.4, -0.2) is 106 Å². The van der Waals surface area contributed by atoms with Gasteiger partial charge in [0.25, 0.3) is 0 Å². The number of Topliss-reactive ketones (excluding diaryl/α,β-unsaturated/α-hetero) is 1. The lowest BCUT2D eigenvalue weighted by Gasteiger charge is -2.64. The first-order valence-corrected chi connectivity index (χ1v) is 22.3. The van der Waals surface area contributed by atoms with Crippen LogP contribution < -0.4 is 0 Å². The summed E-state index contributed by atoms with van der Waals surface area (Å²) in [6, 6.07) is 8.34. The van der Waals surface area contributed by atoms with Crippen LogP contribution in [0.25, 0.3) is 0 Å². The first kappa shape index (κ1) is 43.1. The molecule has 55 heavy (non-hydrogen) atoms. The topological polar surface area (TPSA) is 167 Å². The van der Waals surface area contributed by atoms with Gasteiger partial charge >= 0.3 is 11.9 Å². The van der Waals surface area contributed by atoms with Crippen molar-refractivity contribution in [1.82, 2.24) is 0 Å². The molecule has 1 saturated heterocycles. The fraction of sp³-hybridized carbons (Fsp3) is 0.610. The van der Waals surface area contributed by atoms with Gasteiger partial charge in [-0.2, -0.15) is 0 Å². The Bertz CT molecular complexity index is 1760. The molecule has 0 aromatic heterocycles. The van der Waals surface area contributed by atoms with Gasteiger partial charge < -0.3 is 38.3 Å². The van der Waals surface area contributed by atoms with Crippen molar-refractivity contribution in [2.24, 2.45) is 22.7 Å². The zero-order chi connectivity index (χ0) is 40.9. The summed E-state index contributed by atoms with van der Waals surface area (Å²) >= 11 is 3.65. The van der Waals surface area contributed by atoms with Crippen molar-refractivity contribution in [3.05, 3.63) is 69.9 Å². The summed E-state index contributed by atoms with van der Waals surface area (Å²) in [5, 5.41) is 25.7. The average molecular weight is 848 g/mol. The van der Waals surface area contributed by atoms with Crippen molar-refractivity contribution in [2.75, 3.05) is 27.4 Å². The van der Waals surface area contributed by atoms with E-state index in [0.717, 1.165) is 6.08 Å². The van der Waals surface area contributed by atoms with E-state index in [1.54, 1.807) is 51.1 Å². The van der Waals surface area contributed by atoms with E-state index in [-0.39, 0.29) is 39.6 Å².